The lowest BCUT2D eigenvalue weighted by atomic mass is 10.1. The first-order valence-electron chi connectivity index (χ1n) is 9.56. The van der Waals surface area contributed by atoms with Crippen LogP contribution in [0.2, 0.25) is 5.02 Å². The number of hydrogen-bond acceptors (Lipinski definition) is 5. The molecule has 0 saturated heterocycles. The van der Waals surface area contributed by atoms with Crippen molar-refractivity contribution in [1.29, 1.82) is 5.41 Å². The molecule has 10 heteroatoms. The Morgan fingerprint density at radius 2 is 2.06 bits per heavy atom. The maximum Gasteiger partial charge on any atom is 0.273 e. The summed E-state index contributed by atoms with van der Waals surface area (Å²) in [5, 5.41) is 15.5. The fourth-order valence-electron chi connectivity index (χ4n) is 3.21. The number of carbonyl (C=O) groups is 1. The van der Waals surface area contributed by atoms with Gasteiger partial charge in [-0.05, 0) is 36.8 Å². The van der Waals surface area contributed by atoms with Crippen molar-refractivity contribution in [2.75, 3.05) is 10.6 Å². The number of aryl methyl sites for hydroxylation is 1. The number of pyridine rings is 1. The summed E-state index contributed by atoms with van der Waals surface area (Å²) in [6.45, 7) is 1.91. The van der Waals surface area contributed by atoms with Gasteiger partial charge in [0.2, 0.25) is 0 Å². The second-order valence-electron chi connectivity index (χ2n) is 6.89. The number of aromatic nitrogens is 3. The van der Waals surface area contributed by atoms with Crippen molar-refractivity contribution < 1.29 is 4.79 Å². The number of imidazole rings is 1. The first-order valence-corrected chi connectivity index (χ1v) is 9.94. The largest absolute Gasteiger partial charge is 0.381 e. The lowest BCUT2D eigenvalue weighted by molar-refractivity contribution is 0.102. The minimum absolute atomic E-state index is 0.0168. The molecule has 32 heavy (non-hydrogen) atoms. The van der Waals surface area contributed by atoms with Crippen LogP contribution in [-0.2, 0) is 0 Å². The fourth-order valence-corrected chi connectivity index (χ4v) is 3.40. The van der Waals surface area contributed by atoms with Crippen LogP contribution in [0.3, 0.4) is 0 Å². The molecule has 2 aromatic carbocycles. The SMILES string of the molecule is Cc1ccc2c(Nc3cccc(Cl)c3)nccc2c1NC(=O)c1cnc(C(N)=NC=N)[nH]1. The number of aliphatic imine (C=N–C) groups is 1. The minimum Gasteiger partial charge on any atom is -0.381 e. The molecule has 0 aliphatic rings. The van der Waals surface area contributed by atoms with Crippen LogP contribution < -0.4 is 16.4 Å². The van der Waals surface area contributed by atoms with Gasteiger partial charge in [0.1, 0.15) is 17.9 Å². The molecule has 0 atom stereocenters. The molecule has 2 heterocycles. The maximum atomic E-state index is 12.9. The Balaban J connectivity index is 1.67. The molecule has 0 bridgehead atoms. The van der Waals surface area contributed by atoms with Crippen molar-refractivity contribution in [3.63, 3.8) is 0 Å². The monoisotopic (exact) mass is 446 g/mol. The third-order valence-corrected chi connectivity index (χ3v) is 4.98. The summed E-state index contributed by atoms with van der Waals surface area (Å²) in [6, 6.07) is 13.1. The molecule has 4 rings (SSSR count). The second-order valence-corrected chi connectivity index (χ2v) is 7.33. The molecule has 0 aliphatic heterocycles. The zero-order valence-corrected chi connectivity index (χ0v) is 17.7. The van der Waals surface area contributed by atoms with Gasteiger partial charge in [-0.3, -0.25) is 10.2 Å². The topological polar surface area (TPSA) is 145 Å². The number of amidine groups is 1. The molecule has 6 N–H and O–H groups in total. The number of nitrogens with two attached hydrogens (primary N) is 1. The Hall–Kier alpha value is -4.24. The molecule has 0 aliphatic carbocycles. The van der Waals surface area contributed by atoms with Gasteiger partial charge in [0, 0.05) is 27.7 Å². The average Bonchev–Trinajstić information content (AvgIpc) is 3.27. The number of amides is 1. The van der Waals surface area contributed by atoms with E-state index in [1.165, 1.54) is 6.20 Å². The quantitative estimate of drug-likeness (QED) is 0.222. The van der Waals surface area contributed by atoms with Gasteiger partial charge in [-0.25, -0.2) is 15.0 Å². The number of H-pyrrole nitrogens is 1. The Bertz CT molecular complexity index is 1360. The van der Waals surface area contributed by atoms with E-state index >= 15 is 0 Å². The van der Waals surface area contributed by atoms with E-state index in [0.717, 1.165) is 28.4 Å². The summed E-state index contributed by atoms with van der Waals surface area (Å²) >= 11 is 6.09. The molecule has 9 nitrogen and oxygen atoms in total. The van der Waals surface area contributed by atoms with Crippen molar-refractivity contribution in [1.82, 2.24) is 15.0 Å². The Kier molecular flexibility index (Phi) is 5.82. The van der Waals surface area contributed by atoms with Crippen LogP contribution in [0.15, 0.2) is 59.9 Å². The number of benzene rings is 2. The number of rotatable bonds is 6. The van der Waals surface area contributed by atoms with E-state index in [-0.39, 0.29) is 23.3 Å². The summed E-state index contributed by atoms with van der Waals surface area (Å²) in [7, 11) is 0. The third-order valence-electron chi connectivity index (χ3n) is 4.75. The van der Waals surface area contributed by atoms with Crippen LogP contribution in [0.4, 0.5) is 17.2 Å². The van der Waals surface area contributed by atoms with E-state index in [4.69, 9.17) is 22.7 Å². The predicted molar refractivity (Wildman–Crippen MR) is 127 cm³/mol. The zero-order valence-electron chi connectivity index (χ0n) is 17.0. The summed E-state index contributed by atoms with van der Waals surface area (Å²) < 4.78 is 0. The van der Waals surface area contributed by atoms with E-state index in [0.29, 0.717) is 16.5 Å². The molecule has 0 spiro atoms. The summed E-state index contributed by atoms with van der Waals surface area (Å²) in [5.41, 5.74) is 8.27. The van der Waals surface area contributed by atoms with Gasteiger partial charge in [0.15, 0.2) is 11.7 Å². The van der Waals surface area contributed by atoms with Gasteiger partial charge >= 0.3 is 0 Å². The number of carbonyl (C=O) groups excluding carboxylic acids is 1. The molecule has 1 amide bonds. The van der Waals surface area contributed by atoms with Crippen LogP contribution in [0.5, 0.6) is 0 Å². The summed E-state index contributed by atoms with van der Waals surface area (Å²) in [5.74, 6) is 0.483. The molecular weight excluding hydrogens is 428 g/mol. The highest BCUT2D eigenvalue weighted by Gasteiger charge is 2.16. The number of anilines is 3. The zero-order chi connectivity index (χ0) is 22.7. The number of aromatic amines is 1. The highest BCUT2D eigenvalue weighted by molar-refractivity contribution is 6.30. The normalized spacial score (nSPS) is 11.4. The van der Waals surface area contributed by atoms with E-state index in [2.05, 4.69) is 30.6 Å². The van der Waals surface area contributed by atoms with E-state index in [9.17, 15) is 4.79 Å². The highest BCUT2D eigenvalue weighted by atomic mass is 35.5. The van der Waals surface area contributed by atoms with Crippen molar-refractivity contribution in [3.8, 4) is 0 Å². The van der Waals surface area contributed by atoms with Gasteiger partial charge in [0.25, 0.3) is 5.91 Å². The average molecular weight is 447 g/mol. The Morgan fingerprint density at radius 3 is 2.84 bits per heavy atom. The molecule has 160 valence electrons. The first-order chi connectivity index (χ1) is 15.5. The molecule has 0 saturated carbocycles. The van der Waals surface area contributed by atoms with E-state index < -0.39 is 0 Å². The van der Waals surface area contributed by atoms with Gasteiger partial charge in [0.05, 0.1) is 11.9 Å². The first kappa shape index (κ1) is 21.0. The number of nitrogens with one attached hydrogen (secondary N) is 4. The lowest BCUT2D eigenvalue weighted by Gasteiger charge is -2.14. The molecule has 0 unspecified atom stereocenters. The molecular formula is C22H19ClN8O. The van der Waals surface area contributed by atoms with Crippen molar-refractivity contribution in [2.24, 2.45) is 10.7 Å². The van der Waals surface area contributed by atoms with E-state index in [1.807, 2.05) is 43.3 Å². The van der Waals surface area contributed by atoms with Gasteiger partial charge in [-0.2, -0.15) is 0 Å². The highest BCUT2D eigenvalue weighted by Crippen LogP contribution is 2.32. The second kappa shape index (κ2) is 8.86. The van der Waals surface area contributed by atoms with Crippen LogP contribution in [0.25, 0.3) is 10.8 Å². The minimum atomic E-state index is -0.386. The maximum absolute atomic E-state index is 12.9. The lowest BCUT2D eigenvalue weighted by Crippen LogP contribution is -2.17. The molecule has 4 aromatic rings. The molecule has 0 fully saturated rings. The summed E-state index contributed by atoms with van der Waals surface area (Å²) in [4.78, 5) is 27.8. The van der Waals surface area contributed by atoms with Gasteiger partial charge in [-0.15, -0.1) is 0 Å². The number of halogens is 1. The number of fused-ring (bicyclic) bond motifs is 1. The van der Waals surface area contributed by atoms with E-state index in [1.54, 1.807) is 12.3 Å². The molecule has 2 aromatic heterocycles. The summed E-state index contributed by atoms with van der Waals surface area (Å²) in [6.07, 6.45) is 3.85. The van der Waals surface area contributed by atoms with Crippen LogP contribution in [-0.4, -0.2) is 33.0 Å². The van der Waals surface area contributed by atoms with Gasteiger partial charge in [-0.1, -0.05) is 29.8 Å². The van der Waals surface area contributed by atoms with Crippen LogP contribution >= 0.6 is 11.6 Å². The van der Waals surface area contributed by atoms with Crippen molar-refractivity contribution in [3.05, 3.63) is 77.0 Å². The third kappa shape index (κ3) is 4.28. The Labute approximate surface area is 188 Å². The fraction of sp³-hybridized carbons (Fsp3) is 0.0455. The van der Waals surface area contributed by atoms with Gasteiger partial charge < -0.3 is 21.4 Å². The molecule has 0 radical (unpaired) electrons. The van der Waals surface area contributed by atoms with Crippen molar-refractivity contribution in [2.45, 2.75) is 6.92 Å². The van der Waals surface area contributed by atoms with Crippen molar-refractivity contribution >= 4 is 57.6 Å². The number of nitrogens with zero attached hydrogens (tertiary/aromatic N) is 3. The Morgan fingerprint density at radius 1 is 1.22 bits per heavy atom. The standard InChI is InChI=1S/C22H19ClN8O/c1-12-5-6-16-15(7-8-26-20(16)29-14-4-2-3-13(23)9-14)18(12)31-22(32)17-10-27-21(30-17)19(25)28-11-24/h2-11H,1H3,(H,26,29)(H,27,30)(H,31,32)(H3,24,25,28). The predicted octanol–water partition coefficient (Wildman–Crippen LogP) is 4.23. The number of hydrogen-bond donors (Lipinski definition) is 5. The van der Waals surface area contributed by atoms with Crippen LogP contribution in [0.1, 0.15) is 21.9 Å². The van der Waals surface area contributed by atoms with Crippen LogP contribution in [0, 0.1) is 12.3 Å². The smallest absolute Gasteiger partial charge is 0.273 e.